The van der Waals surface area contributed by atoms with Crippen LogP contribution >= 0.6 is 0 Å². The SMILES string of the molecule is COC(=O)c1ccc(N2CCC(C)C2CO)nc1OC. The Morgan fingerprint density at radius 2 is 2.25 bits per heavy atom. The van der Waals surface area contributed by atoms with Gasteiger partial charge in [0.1, 0.15) is 11.4 Å². The summed E-state index contributed by atoms with van der Waals surface area (Å²) in [4.78, 5) is 18.0. The predicted octanol–water partition coefficient (Wildman–Crippen LogP) is 1.08. The highest BCUT2D eigenvalue weighted by Gasteiger charge is 2.32. The number of pyridine rings is 1. The Labute approximate surface area is 118 Å². The predicted molar refractivity (Wildman–Crippen MR) is 74.1 cm³/mol. The number of methoxy groups -OCH3 is 2. The first-order valence-corrected chi connectivity index (χ1v) is 6.63. The number of aliphatic hydroxyl groups excluding tert-OH is 1. The third-order valence-electron chi connectivity index (χ3n) is 3.81. The van der Waals surface area contributed by atoms with Crippen LogP contribution < -0.4 is 9.64 Å². The van der Waals surface area contributed by atoms with Crippen LogP contribution in [0.3, 0.4) is 0 Å². The molecule has 1 fully saturated rings. The first-order valence-electron chi connectivity index (χ1n) is 6.63. The Morgan fingerprint density at radius 1 is 1.50 bits per heavy atom. The molecule has 6 heteroatoms. The van der Waals surface area contributed by atoms with Crippen LogP contribution in [0.2, 0.25) is 0 Å². The molecule has 1 aromatic heterocycles. The van der Waals surface area contributed by atoms with Gasteiger partial charge < -0.3 is 19.5 Å². The lowest BCUT2D eigenvalue weighted by Gasteiger charge is -2.26. The van der Waals surface area contributed by atoms with Crippen molar-refractivity contribution in [1.82, 2.24) is 4.98 Å². The lowest BCUT2D eigenvalue weighted by atomic mass is 10.0. The van der Waals surface area contributed by atoms with E-state index in [1.165, 1.54) is 14.2 Å². The van der Waals surface area contributed by atoms with Gasteiger partial charge in [0.2, 0.25) is 5.88 Å². The van der Waals surface area contributed by atoms with E-state index in [0.29, 0.717) is 17.3 Å². The van der Waals surface area contributed by atoms with Gasteiger partial charge in [-0.3, -0.25) is 0 Å². The van der Waals surface area contributed by atoms with Gasteiger partial charge >= 0.3 is 5.97 Å². The molecule has 6 nitrogen and oxygen atoms in total. The summed E-state index contributed by atoms with van der Waals surface area (Å²) in [5.74, 6) is 0.881. The monoisotopic (exact) mass is 280 g/mol. The van der Waals surface area contributed by atoms with Gasteiger partial charge in [-0.2, -0.15) is 4.98 Å². The quantitative estimate of drug-likeness (QED) is 0.832. The molecule has 20 heavy (non-hydrogen) atoms. The lowest BCUT2D eigenvalue weighted by Crippen LogP contribution is -2.35. The summed E-state index contributed by atoms with van der Waals surface area (Å²) >= 11 is 0. The molecule has 1 aromatic rings. The molecule has 1 saturated heterocycles. The van der Waals surface area contributed by atoms with Crippen LogP contribution in [0.4, 0.5) is 5.82 Å². The van der Waals surface area contributed by atoms with Crippen LogP contribution in [0, 0.1) is 5.92 Å². The standard InChI is InChI=1S/C14H20N2O4/c1-9-6-7-16(11(9)8-17)12-5-4-10(14(18)20-3)13(15-12)19-2/h4-5,9,11,17H,6-8H2,1-3H3. The molecule has 1 N–H and O–H groups in total. The average Bonchev–Trinajstić information content (AvgIpc) is 2.86. The maximum atomic E-state index is 11.6. The number of esters is 1. The first kappa shape index (κ1) is 14.6. The average molecular weight is 280 g/mol. The molecule has 0 amide bonds. The minimum absolute atomic E-state index is 0.0520. The van der Waals surface area contributed by atoms with Gasteiger partial charge in [-0.15, -0.1) is 0 Å². The number of carbonyl (C=O) groups is 1. The van der Waals surface area contributed by atoms with Crippen molar-refractivity contribution in [1.29, 1.82) is 0 Å². The third-order valence-corrected chi connectivity index (χ3v) is 3.81. The zero-order chi connectivity index (χ0) is 14.7. The van der Waals surface area contributed by atoms with Crippen LogP contribution in [-0.4, -0.2) is 49.5 Å². The summed E-state index contributed by atoms with van der Waals surface area (Å²) in [7, 11) is 2.79. The summed E-state index contributed by atoms with van der Waals surface area (Å²) in [5.41, 5.74) is 0.298. The minimum Gasteiger partial charge on any atom is -0.480 e. The second-order valence-corrected chi connectivity index (χ2v) is 4.93. The van der Waals surface area contributed by atoms with Gasteiger partial charge in [0.05, 0.1) is 26.9 Å². The molecule has 2 atom stereocenters. The molecular formula is C14H20N2O4. The summed E-state index contributed by atoms with van der Waals surface area (Å²) < 4.78 is 9.85. The van der Waals surface area contributed by atoms with E-state index in [4.69, 9.17) is 9.47 Å². The molecular weight excluding hydrogens is 260 g/mol. The van der Waals surface area contributed by atoms with Crippen molar-refractivity contribution < 1.29 is 19.4 Å². The van der Waals surface area contributed by atoms with Crippen molar-refractivity contribution >= 4 is 11.8 Å². The second-order valence-electron chi connectivity index (χ2n) is 4.93. The van der Waals surface area contributed by atoms with Gasteiger partial charge in [-0.1, -0.05) is 6.92 Å². The van der Waals surface area contributed by atoms with Crippen molar-refractivity contribution in [2.75, 3.05) is 32.3 Å². The minimum atomic E-state index is -0.477. The maximum Gasteiger partial charge on any atom is 0.343 e. The van der Waals surface area contributed by atoms with E-state index in [9.17, 15) is 9.90 Å². The van der Waals surface area contributed by atoms with Crippen molar-refractivity contribution in [3.05, 3.63) is 17.7 Å². The highest BCUT2D eigenvalue weighted by atomic mass is 16.5. The molecule has 0 spiro atoms. The number of aromatic nitrogens is 1. The number of ether oxygens (including phenoxy) is 2. The van der Waals surface area contributed by atoms with Gasteiger partial charge in [0, 0.05) is 6.54 Å². The number of carbonyl (C=O) groups excluding carboxylic acids is 1. The van der Waals surface area contributed by atoms with Crippen LogP contribution in [0.5, 0.6) is 5.88 Å². The zero-order valence-electron chi connectivity index (χ0n) is 12.0. The largest absolute Gasteiger partial charge is 0.480 e. The summed E-state index contributed by atoms with van der Waals surface area (Å²) in [6.45, 7) is 3.03. The van der Waals surface area contributed by atoms with Crippen LogP contribution in [0.1, 0.15) is 23.7 Å². The second kappa shape index (κ2) is 6.09. The van der Waals surface area contributed by atoms with E-state index in [0.717, 1.165) is 13.0 Å². The molecule has 0 saturated carbocycles. The number of nitrogens with zero attached hydrogens (tertiary/aromatic N) is 2. The molecule has 0 radical (unpaired) electrons. The third kappa shape index (κ3) is 2.56. The Balaban J connectivity index is 2.32. The van der Waals surface area contributed by atoms with E-state index in [1.807, 2.05) is 4.90 Å². The molecule has 0 aromatic carbocycles. The van der Waals surface area contributed by atoms with Gasteiger partial charge in [0.15, 0.2) is 0 Å². The molecule has 0 aliphatic carbocycles. The number of aliphatic hydroxyl groups is 1. The van der Waals surface area contributed by atoms with E-state index in [1.54, 1.807) is 12.1 Å². The number of hydrogen-bond donors (Lipinski definition) is 1. The van der Waals surface area contributed by atoms with Crippen molar-refractivity contribution in [2.45, 2.75) is 19.4 Å². The normalized spacial score (nSPS) is 21.9. The van der Waals surface area contributed by atoms with Crippen molar-refractivity contribution in [2.24, 2.45) is 5.92 Å². The number of rotatable bonds is 4. The van der Waals surface area contributed by atoms with Crippen molar-refractivity contribution in [3.8, 4) is 5.88 Å². The van der Waals surface area contributed by atoms with Crippen LogP contribution in [0.25, 0.3) is 0 Å². The Morgan fingerprint density at radius 3 is 2.85 bits per heavy atom. The highest BCUT2D eigenvalue weighted by molar-refractivity contribution is 5.92. The lowest BCUT2D eigenvalue weighted by molar-refractivity contribution is 0.0596. The molecule has 1 aliphatic rings. The summed E-state index contributed by atoms with van der Waals surface area (Å²) in [6.07, 6.45) is 1.01. The number of anilines is 1. The molecule has 0 bridgehead atoms. The smallest absolute Gasteiger partial charge is 0.343 e. The van der Waals surface area contributed by atoms with Gasteiger partial charge in [-0.25, -0.2) is 4.79 Å². The Hall–Kier alpha value is -1.82. The van der Waals surface area contributed by atoms with Crippen molar-refractivity contribution in [3.63, 3.8) is 0 Å². The summed E-state index contributed by atoms with van der Waals surface area (Å²) in [5, 5.41) is 9.50. The molecule has 2 heterocycles. The van der Waals surface area contributed by atoms with Crippen LogP contribution in [0.15, 0.2) is 12.1 Å². The van der Waals surface area contributed by atoms with Crippen LogP contribution in [-0.2, 0) is 4.74 Å². The van der Waals surface area contributed by atoms with E-state index >= 15 is 0 Å². The Bertz CT molecular complexity index is 492. The number of hydrogen-bond acceptors (Lipinski definition) is 6. The highest BCUT2D eigenvalue weighted by Crippen LogP contribution is 2.30. The first-order chi connectivity index (χ1) is 9.62. The maximum absolute atomic E-state index is 11.6. The fourth-order valence-corrected chi connectivity index (χ4v) is 2.58. The van der Waals surface area contributed by atoms with E-state index in [2.05, 4.69) is 11.9 Å². The summed E-state index contributed by atoms with van der Waals surface area (Å²) in [6, 6.07) is 3.45. The fourth-order valence-electron chi connectivity index (χ4n) is 2.58. The van der Waals surface area contributed by atoms with Gasteiger partial charge in [-0.05, 0) is 24.5 Å². The van der Waals surface area contributed by atoms with E-state index in [-0.39, 0.29) is 18.5 Å². The zero-order valence-corrected chi connectivity index (χ0v) is 12.0. The molecule has 110 valence electrons. The topological polar surface area (TPSA) is 71.9 Å². The van der Waals surface area contributed by atoms with Gasteiger partial charge in [0.25, 0.3) is 0 Å². The molecule has 2 rings (SSSR count). The molecule has 1 aliphatic heterocycles. The Kier molecular flexibility index (Phi) is 4.44. The molecule has 2 unspecified atom stereocenters. The van der Waals surface area contributed by atoms with E-state index < -0.39 is 5.97 Å². The fraction of sp³-hybridized carbons (Fsp3) is 0.571.